The van der Waals surface area contributed by atoms with Crippen molar-refractivity contribution in [1.82, 2.24) is 0 Å². The van der Waals surface area contributed by atoms with Gasteiger partial charge < -0.3 is 0 Å². The number of thioether (sulfide) groups is 2. The molecule has 0 aromatic heterocycles. The summed E-state index contributed by atoms with van der Waals surface area (Å²) in [6.45, 7) is 0. The molecule has 23 heavy (non-hydrogen) atoms. The van der Waals surface area contributed by atoms with Gasteiger partial charge in [-0.2, -0.15) is 0 Å². The van der Waals surface area contributed by atoms with Gasteiger partial charge in [-0.3, -0.25) is 0 Å². The minimum atomic E-state index is 0.389. The molecule has 3 rings (SSSR count). The first-order chi connectivity index (χ1) is 11.3. The third-order valence-corrected chi connectivity index (χ3v) is 6.24. The van der Waals surface area contributed by atoms with Gasteiger partial charge in [-0.05, 0) is 42.0 Å². The first kappa shape index (κ1) is 16.5. The van der Waals surface area contributed by atoms with Gasteiger partial charge in [0.1, 0.15) is 0 Å². The van der Waals surface area contributed by atoms with Crippen LogP contribution >= 0.6 is 35.1 Å². The van der Waals surface area contributed by atoms with Gasteiger partial charge in [0.25, 0.3) is 0 Å². The largest absolute Gasteiger partial charge is 0.125 e. The molecule has 0 saturated heterocycles. The fourth-order valence-electron chi connectivity index (χ4n) is 2.23. The van der Waals surface area contributed by atoms with Crippen LogP contribution in [-0.4, -0.2) is 5.75 Å². The van der Waals surface area contributed by atoms with Crippen molar-refractivity contribution < 1.29 is 0 Å². The van der Waals surface area contributed by atoms with E-state index in [1.54, 1.807) is 0 Å². The highest BCUT2D eigenvalue weighted by atomic mass is 35.5. The molecule has 0 bridgehead atoms. The Morgan fingerprint density at radius 1 is 0.696 bits per heavy atom. The van der Waals surface area contributed by atoms with E-state index in [4.69, 9.17) is 11.6 Å². The van der Waals surface area contributed by atoms with Gasteiger partial charge in [0.15, 0.2) is 0 Å². The molecule has 0 amide bonds. The molecule has 3 aromatic carbocycles. The number of rotatable bonds is 6. The first-order valence-corrected chi connectivity index (χ1v) is 9.70. The maximum atomic E-state index is 6.04. The molecule has 0 heterocycles. The number of hydrogen-bond donors (Lipinski definition) is 0. The van der Waals surface area contributed by atoms with Crippen LogP contribution in [0.5, 0.6) is 0 Å². The van der Waals surface area contributed by atoms with Crippen LogP contribution < -0.4 is 0 Å². The van der Waals surface area contributed by atoms with Crippen molar-refractivity contribution in [1.29, 1.82) is 0 Å². The van der Waals surface area contributed by atoms with E-state index in [-0.39, 0.29) is 0 Å². The van der Waals surface area contributed by atoms with Crippen LogP contribution in [0.25, 0.3) is 0 Å². The first-order valence-electron chi connectivity index (χ1n) is 7.46. The zero-order valence-corrected chi connectivity index (χ0v) is 15.0. The van der Waals surface area contributed by atoms with Gasteiger partial charge in [0, 0.05) is 25.8 Å². The van der Waals surface area contributed by atoms with E-state index < -0.39 is 0 Å². The second kappa shape index (κ2) is 8.49. The van der Waals surface area contributed by atoms with Gasteiger partial charge in [-0.15, -0.1) is 23.5 Å². The van der Waals surface area contributed by atoms with Gasteiger partial charge >= 0.3 is 0 Å². The van der Waals surface area contributed by atoms with Crippen LogP contribution in [0.1, 0.15) is 10.8 Å². The maximum Gasteiger partial charge on any atom is 0.0438 e. The number of halogens is 1. The molecule has 0 aliphatic heterocycles. The van der Waals surface area contributed by atoms with Crippen molar-refractivity contribution in [2.75, 3.05) is 5.75 Å². The zero-order valence-electron chi connectivity index (χ0n) is 12.6. The average molecular weight is 357 g/mol. The van der Waals surface area contributed by atoms with E-state index in [1.807, 2.05) is 35.7 Å². The molecule has 0 aliphatic rings. The smallest absolute Gasteiger partial charge is 0.0438 e. The van der Waals surface area contributed by atoms with E-state index >= 15 is 0 Å². The van der Waals surface area contributed by atoms with Crippen molar-refractivity contribution in [2.24, 2.45) is 0 Å². The van der Waals surface area contributed by atoms with Crippen LogP contribution in [0.2, 0.25) is 5.02 Å². The molecule has 3 heteroatoms. The lowest BCUT2D eigenvalue weighted by Crippen LogP contribution is -1.97. The minimum absolute atomic E-state index is 0.389. The highest BCUT2D eigenvalue weighted by Crippen LogP contribution is 2.39. The quantitative estimate of drug-likeness (QED) is 0.437. The Labute approximate surface area is 151 Å². The van der Waals surface area contributed by atoms with Crippen molar-refractivity contribution >= 4 is 35.1 Å². The van der Waals surface area contributed by atoms with Crippen molar-refractivity contribution in [2.45, 2.75) is 15.0 Å². The molecule has 3 aromatic rings. The van der Waals surface area contributed by atoms with E-state index in [0.717, 1.165) is 10.8 Å². The van der Waals surface area contributed by atoms with Crippen LogP contribution in [0.3, 0.4) is 0 Å². The van der Waals surface area contributed by atoms with Crippen LogP contribution in [0.15, 0.2) is 94.7 Å². The summed E-state index contributed by atoms with van der Waals surface area (Å²) in [5, 5.41) is 1.17. The average Bonchev–Trinajstić information content (AvgIpc) is 2.61. The Balaban J connectivity index is 1.76. The number of hydrogen-bond acceptors (Lipinski definition) is 2. The molecule has 116 valence electrons. The molecule has 0 saturated carbocycles. The summed E-state index contributed by atoms with van der Waals surface area (Å²) in [6, 6.07) is 29.3. The predicted octanol–water partition coefficient (Wildman–Crippen LogP) is 6.97. The Morgan fingerprint density at radius 2 is 1.26 bits per heavy atom. The molecule has 0 fully saturated rings. The summed E-state index contributed by atoms with van der Waals surface area (Å²) in [7, 11) is 0. The third-order valence-electron chi connectivity index (χ3n) is 3.41. The van der Waals surface area contributed by atoms with E-state index in [0.29, 0.717) is 5.25 Å². The van der Waals surface area contributed by atoms with E-state index in [1.165, 1.54) is 15.4 Å². The molecule has 1 atom stereocenters. The SMILES string of the molecule is Clc1ccc(C(CSc2ccccc2)Sc2ccccc2)cc1. The Kier molecular flexibility index (Phi) is 6.09. The molecule has 0 radical (unpaired) electrons. The highest BCUT2D eigenvalue weighted by Gasteiger charge is 2.14. The maximum absolute atomic E-state index is 6.04. The molecular formula is C20H17ClS2. The van der Waals surface area contributed by atoms with Gasteiger partial charge in [0.2, 0.25) is 0 Å². The lowest BCUT2D eigenvalue weighted by molar-refractivity contribution is 1.11. The zero-order chi connectivity index (χ0) is 15.9. The fourth-order valence-corrected chi connectivity index (χ4v) is 4.65. The summed E-state index contributed by atoms with van der Waals surface area (Å²) in [6.07, 6.45) is 0. The molecule has 0 aliphatic carbocycles. The van der Waals surface area contributed by atoms with Gasteiger partial charge in [0.05, 0.1) is 0 Å². The second-order valence-corrected chi connectivity index (χ2v) is 7.90. The van der Waals surface area contributed by atoms with E-state index in [2.05, 4.69) is 72.8 Å². The summed E-state index contributed by atoms with van der Waals surface area (Å²) in [5.74, 6) is 1.02. The molecule has 0 N–H and O–H groups in total. The summed E-state index contributed by atoms with van der Waals surface area (Å²) in [4.78, 5) is 2.60. The Morgan fingerprint density at radius 3 is 1.87 bits per heavy atom. The monoisotopic (exact) mass is 356 g/mol. The van der Waals surface area contributed by atoms with Gasteiger partial charge in [-0.25, -0.2) is 0 Å². The van der Waals surface area contributed by atoms with Crippen molar-refractivity contribution in [3.63, 3.8) is 0 Å². The summed E-state index contributed by atoms with van der Waals surface area (Å²) >= 11 is 9.83. The summed E-state index contributed by atoms with van der Waals surface area (Å²) in [5.41, 5.74) is 1.31. The molecule has 1 unspecified atom stereocenters. The Hall–Kier alpha value is -1.35. The second-order valence-electron chi connectivity index (χ2n) is 5.10. The summed E-state index contributed by atoms with van der Waals surface area (Å²) < 4.78 is 0. The molecular weight excluding hydrogens is 340 g/mol. The topological polar surface area (TPSA) is 0 Å². The third kappa shape index (κ3) is 5.07. The van der Waals surface area contributed by atoms with Crippen molar-refractivity contribution in [3.05, 3.63) is 95.5 Å². The normalized spacial score (nSPS) is 12.0. The number of benzene rings is 3. The van der Waals surface area contributed by atoms with Crippen LogP contribution in [-0.2, 0) is 0 Å². The molecule has 0 spiro atoms. The van der Waals surface area contributed by atoms with Crippen LogP contribution in [0, 0.1) is 0 Å². The standard InChI is InChI=1S/C20H17ClS2/c21-17-13-11-16(12-14-17)20(23-19-9-5-2-6-10-19)15-22-18-7-3-1-4-8-18/h1-14,20H,15H2. The Bertz CT molecular complexity index is 712. The predicted molar refractivity (Wildman–Crippen MR) is 104 cm³/mol. The lowest BCUT2D eigenvalue weighted by Gasteiger charge is -2.17. The van der Waals surface area contributed by atoms with Gasteiger partial charge in [-0.1, -0.05) is 60.1 Å². The lowest BCUT2D eigenvalue weighted by atomic mass is 10.2. The van der Waals surface area contributed by atoms with Crippen LogP contribution in [0.4, 0.5) is 0 Å². The highest BCUT2D eigenvalue weighted by molar-refractivity contribution is 8.03. The fraction of sp³-hybridized carbons (Fsp3) is 0.100. The van der Waals surface area contributed by atoms with Crippen molar-refractivity contribution in [3.8, 4) is 0 Å². The van der Waals surface area contributed by atoms with E-state index in [9.17, 15) is 0 Å². The molecule has 0 nitrogen and oxygen atoms in total. The minimum Gasteiger partial charge on any atom is -0.125 e.